The van der Waals surface area contributed by atoms with Crippen LogP contribution in [0.3, 0.4) is 0 Å². The van der Waals surface area contributed by atoms with Crippen LogP contribution in [0.5, 0.6) is 0 Å². The average molecular weight is 753 g/mol. The predicted molar refractivity (Wildman–Crippen MR) is 234 cm³/mol. The number of rotatable bonds is 9. The van der Waals surface area contributed by atoms with Crippen LogP contribution in [0.2, 0.25) is 0 Å². The van der Waals surface area contributed by atoms with Gasteiger partial charge in [0.25, 0.3) is 0 Å². The maximum Gasteiger partial charge on any atom is 0.202 e. The molecule has 0 N–H and O–H groups in total. The second kappa shape index (κ2) is 14.1. The standard InChI is InChI=1S/C52H44N6/c1-5-51(6-2)41-25-17-15-23-37(41)39-29-27-35(31-43(39)51)47-53-45(33-19-11-9-12-20-33)55-49(57-47)50-56-46(34-21-13-10-14-22-34)54-48(58-50)36-28-30-40-38-24-16-18-26-42(38)52(7-3,8-4)44(40)32-36/h9-32H,5-8H2,1-4H3. The molecule has 0 saturated carbocycles. The molecule has 0 amide bonds. The van der Waals surface area contributed by atoms with Crippen molar-refractivity contribution in [3.05, 3.63) is 168 Å². The normalized spacial score (nSPS) is 14.1. The van der Waals surface area contributed by atoms with Crippen molar-refractivity contribution in [1.82, 2.24) is 29.9 Å². The highest BCUT2D eigenvalue weighted by Crippen LogP contribution is 2.54. The molecule has 2 heterocycles. The fourth-order valence-electron chi connectivity index (χ4n) is 9.86. The highest BCUT2D eigenvalue weighted by molar-refractivity contribution is 5.85. The molecule has 2 aromatic heterocycles. The molecule has 2 aliphatic carbocycles. The van der Waals surface area contributed by atoms with Gasteiger partial charge in [-0.15, -0.1) is 0 Å². The van der Waals surface area contributed by atoms with Crippen LogP contribution in [0.15, 0.2) is 146 Å². The first-order valence-corrected chi connectivity index (χ1v) is 20.6. The molecular weight excluding hydrogens is 709 g/mol. The highest BCUT2D eigenvalue weighted by atomic mass is 15.1. The van der Waals surface area contributed by atoms with E-state index in [1.807, 2.05) is 60.7 Å². The molecule has 8 aromatic rings. The van der Waals surface area contributed by atoms with Gasteiger partial charge in [-0.05, 0) is 82.3 Å². The number of benzene rings is 6. The van der Waals surface area contributed by atoms with E-state index in [9.17, 15) is 0 Å². The van der Waals surface area contributed by atoms with Gasteiger partial charge in [0, 0.05) is 33.1 Å². The summed E-state index contributed by atoms with van der Waals surface area (Å²) in [6.07, 6.45) is 3.99. The summed E-state index contributed by atoms with van der Waals surface area (Å²) < 4.78 is 0. The van der Waals surface area contributed by atoms with E-state index in [2.05, 4.69) is 113 Å². The molecule has 0 saturated heterocycles. The molecular formula is C52H44N6. The molecule has 6 heteroatoms. The van der Waals surface area contributed by atoms with Crippen LogP contribution in [0, 0.1) is 0 Å². The predicted octanol–water partition coefficient (Wildman–Crippen LogP) is 12.6. The van der Waals surface area contributed by atoms with Crippen molar-refractivity contribution >= 4 is 0 Å². The van der Waals surface area contributed by atoms with Gasteiger partial charge >= 0.3 is 0 Å². The Labute approximate surface area is 340 Å². The Hall–Kier alpha value is -6.66. The van der Waals surface area contributed by atoms with Crippen molar-refractivity contribution in [1.29, 1.82) is 0 Å². The maximum absolute atomic E-state index is 5.20. The van der Waals surface area contributed by atoms with Crippen molar-refractivity contribution in [3.63, 3.8) is 0 Å². The topological polar surface area (TPSA) is 77.3 Å². The average Bonchev–Trinajstić information content (AvgIpc) is 3.75. The number of hydrogen-bond acceptors (Lipinski definition) is 6. The van der Waals surface area contributed by atoms with Crippen molar-refractivity contribution in [2.75, 3.05) is 0 Å². The van der Waals surface area contributed by atoms with Crippen molar-refractivity contribution in [3.8, 4) is 79.5 Å². The first-order chi connectivity index (χ1) is 28.5. The fourth-order valence-corrected chi connectivity index (χ4v) is 9.86. The van der Waals surface area contributed by atoms with Crippen LogP contribution >= 0.6 is 0 Å². The van der Waals surface area contributed by atoms with Crippen LogP contribution < -0.4 is 0 Å². The third kappa shape index (κ3) is 5.46. The summed E-state index contributed by atoms with van der Waals surface area (Å²) in [5.41, 5.74) is 14.1. The van der Waals surface area contributed by atoms with E-state index in [1.54, 1.807) is 0 Å². The third-order valence-corrected chi connectivity index (χ3v) is 13.0. The summed E-state index contributed by atoms with van der Waals surface area (Å²) in [4.78, 5) is 30.9. The number of nitrogens with zero attached hydrogens (tertiary/aromatic N) is 6. The van der Waals surface area contributed by atoms with Gasteiger partial charge in [0.1, 0.15) is 0 Å². The molecule has 282 valence electrons. The Morgan fingerprint density at radius 1 is 0.293 bits per heavy atom. The third-order valence-electron chi connectivity index (χ3n) is 13.0. The molecule has 2 aliphatic rings. The molecule has 0 atom stereocenters. The van der Waals surface area contributed by atoms with Gasteiger partial charge in [-0.2, -0.15) is 0 Å². The number of aromatic nitrogens is 6. The van der Waals surface area contributed by atoms with E-state index < -0.39 is 0 Å². The number of fused-ring (bicyclic) bond motifs is 6. The van der Waals surface area contributed by atoms with Gasteiger partial charge in [0.05, 0.1) is 0 Å². The molecule has 0 radical (unpaired) electrons. The van der Waals surface area contributed by atoms with E-state index in [1.165, 1.54) is 44.5 Å². The summed E-state index contributed by atoms with van der Waals surface area (Å²) >= 11 is 0. The van der Waals surface area contributed by atoms with Crippen LogP contribution in [0.1, 0.15) is 75.6 Å². The Morgan fingerprint density at radius 3 is 0.983 bits per heavy atom. The molecule has 6 aromatic carbocycles. The van der Waals surface area contributed by atoms with Gasteiger partial charge in [0.2, 0.25) is 11.6 Å². The molecule has 0 unspecified atom stereocenters. The Kier molecular flexibility index (Phi) is 8.67. The van der Waals surface area contributed by atoms with Crippen molar-refractivity contribution in [2.24, 2.45) is 0 Å². The van der Waals surface area contributed by atoms with Gasteiger partial charge in [-0.1, -0.05) is 161 Å². The minimum Gasteiger partial charge on any atom is -0.208 e. The van der Waals surface area contributed by atoms with Crippen LogP contribution in [0.25, 0.3) is 79.5 Å². The molecule has 58 heavy (non-hydrogen) atoms. The lowest BCUT2D eigenvalue weighted by atomic mass is 9.73. The largest absolute Gasteiger partial charge is 0.208 e. The zero-order valence-electron chi connectivity index (χ0n) is 33.4. The quantitative estimate of drug-likeness (QED) is 0.146. The molecule has 6 nitrogen and oxygen atoms in total. The molecule has 0 fully saturated rings. The van der Waals surface area contributed by atoms with Gasteiger partial charge in [0.15, 0.2) is 23.3 Å². The maximum atomic E-state index is 5.20. The highest BCUT2D eigenvalue weighted by Gasteiger charge is 2.42. The first kappa shape index (κ1) is 35.7. The monoisotopic (exact) mass is 752 g/mol. The summed E-state index contributed by atoms with van der Waals surface area (Å²) in [6.45, 7) is 9.18. The van der Waals surface area contributed by atoms with Gasteiger partial charge in [-0.25, -0.2) is 29.9 Å². The smallest absolute Gasteiger partial charge is 0.202 e. The zero-order valence-corrected chi connectivity index (χ0v) is 33.4. The van der Waals surface area contributed by atoms with E-state index in [4.69, 9.17) is 29.9 Å². The Bertz CT molecular complexity index is 2640. The second-order valence-corrected chi connectivity index (χ2v) is 15.5. The lowest BCUT2D eigenvalue weighted by molar-refractivity contribution is 0.490. The minimum atomic E-state index is -0.0852. The zero-order chi connectivity index (χ0) is 39.4. The van der Waals surface area contributed by atoms with E-state index in [0.29, 0.717) is 34.9 Å². The lowest BCUT2D eigenvalue weighted by Crippen LogP contribution is -2.23. The second-order valence-electron chi connectivity index (χ2n) is 15.5. The van der Waals surface area contributed by atoms with Gasteiger partial charge < -0.3 is 0 Å². The van der Waals surface area contributed by atoms with Crippen molar-refractivity contribution in [2.45, 2.75) is 64.2 Å². The summed E-state index contributed by atoms with van der Waals surface area (Å²) in [5, 5.41) is 0. The van der Waals surface area contributed by atoms with Gasteiger partial charge in [-0.3, -0.25) is 0 Å². The SMILES string of the molecule is CCC1(CC)c2ccccc2-c2ccc(-c3nc(-c4ccccc4)nc(-c4nc(-c5ccccc5)nc(-c5ccc6c(c5)C(CC)(CC)c5ccccc5-6)n4)n3)cc21. The summed E-state index contributed by atoms with van der Waals surface area (Å²) in [5.74, 6) is 3.09. The first-order valence-electron chi connectivity index (χ1n) is 20.6. The van der Waals surface area contributed by atoms with Crippen molar-refractivity contribution < 1.29 is 0 Å². The summed E-state index contributed by atoms with van der Waals surface area (Å²) in [6, 6.07) is 51.3. The van der Waals surface area contributed by atoms with E-state index >= 15 is 0 Å². The number of hydrogen-bond donors (Lipinski definition) is 0. The molecule has 0 aliphatic heterocycles. The Balaban J connectivity index is 1.17. The summed E-state index contributed by atoms with van der Waals surface area (Å²) in [7, 11) is 0. The van der Waals surface area contributed by atoms with Crippen LogP contribution in [-0.2, 0) is 10.8 Å². The van der Waals surface area contributed by atoms with Crippen LogP contribution in [-0.4, -0.2) is 29.9 Å². The fraction of sp³-hybridized carbons (Fsp3) is 0.192. The Morgan fingerprint density at radius 2 is 0.603 bits per heavy atom. The van der Waals surface area contributed by atoms with E-state index in [-0.39, 0.29) is 10.8 Å². The molecule has 0 spiro atoms. The molecule has 10 rings (SSSR count). The molecule has 0 bridgehead atoms. The van der Waals surface area contributed by atoms with E-state index in [0.717, 1.165) is 47.9 Å². The minimum absolute atomic E-state index is 0.0852. The lowest BCUT2D eigenvalue weighted by Gasteiger charge is -2.29. The van der Waals surface area contributed by atoms with Crippen LogP contribution in [0.4, 0.5) is 0 Å².